The van der Waals surface area contributed by atoms with Crippen LogP contribution in [-0.2, 0) is 4.74 Å². The lowest BCUT2D eigenvalue weighted by molar-refractivity contribution is 0.0951. The summed E-state index contributed by atoms with van der Waals surface area (Å²) in [6.45, 7) is 4.61. The Bertz CT molecular complexity index is 364. The van der Waals surface area contributed by atoms with Crippen molar-refractivity contribution in [3.63, 3.8) is 0 Å². The SMILES string of the molecule is C[C@@H]1CC(OC(=S)c2ccccc2)C[C@H](C)C1. The molecule has 1 aliphatic carbocycles. The van der Waals surface area contributed by atoms with Crippen LogP contribution in [0.1, 0.15) is 38.7 Å². The molecule has 1 nitrogen and oxygen atoms in total. The van der Waals surface area contributed by atoms with Crippen LogP contribution in [0, 0.1) is 11.8 Å². The number of rotatable bonds is 2. The summed E-state index contributed by atoms with van der Waals surface area (Å²) in [7, 11) is 0. The van der Waals surface area contributed by atoms with Gasteiger partial charge in [0, 0.05) is 5.56 Å². The Morgan fingerprint density at radius 3 is 2.24 bits per heavy atom. The molecular formula is C15H20OS. The summed E-state index contributed by atoms with van der Waals surface area (Å²) in [6.07, 6.45) is 3.90. The van der Waals surface area contributed by atoms with Gasteiger partial charge in [-0.15, -0.1) is 0 Å². The van der Waals surface area contributed by atoms with E-state index in [0.717, 1.165) is 30.2 Å². The van der Waals surface area contributed by atoms with Crippen molar-refractivity contribution in [2.45, 2.75) is 39.2 Å². The van der Waals surface area contributed by atoms with E-state index in [1.165, 1.54) is 6.42 Å². The van der Waals surface area contributed by atoms with Gasteiger partial charge in [-0.2, -0.15) is 0 Å². The normalized spacial score (nSPS) is 28.7. The van der Waals surface area contributed by atoms with E-state index in [9.17, 15) is 0 Å². The molecule has 1 aromatic carbocycles. The summed E-state index contributed by atoms with van der Waals surface area (Å²) in [5.74, 6) is 1.50. The predicted octanol–water partition coefficient (Wildman–Crippen LogP) is 4.20. The van der Waals surface area contributed by atoms with Gasteiger partial charge in [0.15, 0.2) is 5.05 Å². The first-order valence-electron chi connectivity index (χ1n) is 6.41. The van der Waals surface area contributed by atoms with Crippen molar-refractivity contribution in [3.8, 4) is 0 Å². The average Bonchev–Trinajstić information content (AvgIpc) is 2.28. The van der Waals surface area contributed by atoms with E-state index < -0.39 is 0 Å². The molecule has 0 spiro atoms. The Balaban J connectivity index is 1.95. The highest BCUT2D eigenvalue weighted by molar-refractivity contribution is 7.80. The molecule has 0 N–H and O–H groups in total. The van der Waals surface area contributed by atoms with Crippen LogP contribution in [-0.4, -0.2) is 11.2 Å². The largest absolute Gasteiger partial charge is 0.480 e. The van der Waals surface area contributed by atoms with Gasteiger partial charge in [0.25, 0.3) is 0 Å². The highest BCUT2D eigenvalue weighted by atomic mass is 32.1. The lowest BCUT2D eigenvalue weighted by atomic mass is 9.82. The first-order chi connectivity index (χ1) is 8.15. The van der Waals surface area contributed by atoms with Crippen molar-refractivity contribution in [3.05, 3.63) is 35.9 Å². The highest BCUT2D eigenvalue weighted by Gasteiger charge is 2.25. The number of benzene rings is 1. The summed E-state index contributed by atoms with van der Waals surface area (Å²) in [4.78, 5) is 0. The van der Waals surface area contributed by atoms with E-state index in [1.54, 1.807) is 0 Å². The van der Waals surface area contributed by atoms with Gasteiger partial charge < -0.3 is 4.74 Å². The summed E-state index contributed by atoms with van der Waals surface area (Å²) in [5.41, 5.74) is 1.02. The minimum Gasteiger partial charge on any atom is -0.480 e. The molecule has 1 fully saturated rings. The van der Waals surface area contributed by atoms with Crippen molar-refractivity contribution in [1.82, 2.24) is 0 Å². The molecule has 0 radical (unpaired) electrons. The Morgan fingerprint density at radius 1 is 1.06 bits per heavy atom. The third-order valence-electron chi connectivity index (χ3n) is 3.42. The van der Waals surface area contributed by atoms with Gasteiger partial charge in [-0.05, 0) is 43.3 Å². The number of ether oxygens (including phenoxy) is 1. The number of hydrogen-bond acceptors (Lipinski definition) is 2. The van der Waals surface area contributed by atoms with Crippen molar-refractivity contribution >= 4 is 17.3 Å². The fraction of sp³-hybridized carbons (Fsp3) is 0.533. The Labute approximate surface area is 109 Å². The van der Waals surface area contributed by atoms with Crippen LogP contribution in [0.5, 0.6) is 0 Å². The van der Waals surface area contributed by atoms with E-state index in [2.05, 4.69) is 13.8 Å². The molecule has 1 aromatic rings. The van der Waals surface area contributed by atoms with Gasteiger partial charge in [0.1, 0.15) is 6.10 Å². The minimum atomic E-state index is 0.307. The maximum absolute atomic E-state index is 5.95. The second-order valence-corrected chi connectivity index (χ2v) is 5.68. The van der Waals surface area contributed by atoms with Gasteiger partial charge in [-0.25, -0.2) is 0 Å². The molecule has 2 rings (SSSR count). The average molecular weight is 248 g/mol. The molecule has 1 saturated carbocycles. The van der Waals surface area contributed by atoms with Crippen LogP contribution in [0.4, 0.5) is 0 Å². The summed E-state index contributed by atoms with van der Waals surface area (Å²) < 4.78 is 5.95. The van der Waals surface area contributed by atoms with Crippen molar-refractivity contribution in [2.75, 3.05) is 0 Å². The minimum absolute atomic E-state index is 0.307. The predicted molar refractivity (Wildman–Crippen MR) is 75.2 cm³/mol. The first kappa shape index (κ1) is 12.6. The van der Waals surface area contributed by atoms with E-state index >= 15 is 0 Å². The van der Waals surface area contributed by atoms with E-state index in [0.29, 0.717) is 11.2 Å². The van der Waals surface area contributed by atoms with Crippen molar-refractivity contribution in [2.24, 2.45) is 11.8 Å². The second kappa shape index (κ2) is 5.63. The van der Waals surface area contributed by atoms with E-state index in [-0.39, 0.29) is 0 Å². The van der Waals surface area contributed by atoms with Gasteiger partial charge in [-0.3, -0.25) is 0 Å². The van der Waals surface area contributed by atoms with Crippen LogP contribution in [0.15, 0.2) is 30.3 Å². The molecular weight excluding hydrogens is 228 g/mol. The molecule has 0 bridgehead atoms. The molecule has 0 heterocycles. The van der Waals surface area contributed by atoms with Gasteiger partial charge >= 0.3 is 0 Å². The summed E-state index contributed by atoms with van der Waals surface area (Å²) in [5, 5.41) is 0.650. The third kappa shape index (κ3) is 3.53. The maximum atomic E-state index is 5.95. The first-order valence-corrected chi connectivity index (χ1v) is 6.82. The fourth-order valence-corrected chi connectivity index (χ4v) is 3.04. The molecule has 0 amide bonds. The topological polar surface area (TPSA) is 9.23 Å². The van der Waals surface area contributed by atoms with Crippen LogP contribution < -0.4 is 0 Å². The van der Waals surface area contributed by atoms with Crippen LogP contribution in [0.3, 0.4) is 0 Å². The van der Waals surface area contributed by atoms with Crippen molar-refractivity contribution < 1.29 is 4.74 Å². The van der Waals surface area contributed by atoms with E-state index in [1.807, 2.05) is 30.3 Å². The lowest BCUT2D eigenvalue weighted by Crippen LogP contribution is -2.28. The zero-order valence-corrected chi connectivity index (χ0v) is 11.4. The van der Waals surface area contributed by atoms with Gasteiger partial charge in [0.05, 0.1) is 0 Å². The number of thiocarbonyl (C=S) groups is 1. The molecule has 2 heteroatoms. The lowest BCUT2D eigenvalue weighted by Gasteiger charge is -2.31. The standard InChI is InChI=1S/C15H20OS/c1-11-8-12(2)10-14(9-11)16-15(17)13-6-4-3-5-7-13/h3-7,11-12,14H,8-10H2,1-2H3/t11-,12+,14?. The molecule has 1 aliphatic rings. The second-order valence-electron chi connectivity index (χ2n) is 5.31. The Morgan fingerprint density at radius 2 is 1.65 bits per heavy atom. The summed E-state index contributed by atoms with van der Waals surface area (Å²) in [6, 6.07) is 10.0. The van der Waals surface area contributed by atoms with E-state index in [4.69, 9.17) is 17.0 Å². The smallest absolute Gasteiger partial charge is 0.191 e. The third-order valence-corrected chi connectivity index (χ3v) is 3.75. The fourth-order valence-electron chi connectivity index (χ4n) is 2.76. The zero-order valence-electron chi connectivity index (χ0n) is 10.6. The van der Waals surface area contributed by atoms with Crippen LogP contribution in [0.2, 0.25) is 0 Å². The molecule has 17 heavy (non-hydrogen) atoms. The van der Waals surface area contributed by atoms with Crippen molar-refractivity contribution in [1.29, 1.82) is 0 Å². The zero-order chi connectivity index (χ0) is 12.3. The molecule has 92 valence electrons. The Hall–Kier alpha value is -0.890. The maximum Gasteiger partial charge on any atom is 0.191 e. The molecule has 1 unspecified atom stereocenters. The molecule has 0 aromatic heterocycles. The molecule has 3 atom stereocenters. The molecule has 0 aliphatic heterocycles. The quantitative estimate of drug-likeness (QED) is 0.725. The van der Waals surface area contributed by atoms with Gasteiger partial charge in [0.2, 0.25) is 0 Å². The number of hydrogen-bond donors (Lipinski definition) is 0. The monoisotopic (exact) mass is 248 g/mol. The Kier molecular flexibility index (Phi) is 4.16. The van der Waals surface area contributed by atoms with Gasteiger partial charge in [-0.1, -0.05) is 44.2 Å². The molecule has 0 saturated heterocycles. The summed E-state index contributed by atoms with van der Waals surface area (Å²) >= 11 is 5.36. The highest BCUT2D eigenvalue weighted by Crippen LogP contribution is 2.30. The van der Waals surface area contributed by atoms with Crippen LogP contribution >= 0.6 is 12.2 Å². The van der Waals surface area contributed by atoms with Crippen LogP contribution in [0.25, 0.3) is 0 Å².